The van der Waals surface area contributed by atoms with Crippen LogP contribution < -0.4 is 9.80 Å². The molecule has 8 heteroatoms. The number of rotatable bonds is 2. The van der Waals surface area contributed by atoms with Gasteiger partial charge in [0.25, 0.3) is 0 Å². The molecule has 0 spiro atoms. The number of anilines is 4. The Hall–Kier alpha value is -5.18. The monoisotopic (exact) mass is 692 g/mol. The molecule has 6 heterocycles. The van der Waals surface area contributed by atoms with Crippen molar-refractivity contribution < 1.29 is 19.1 Å². The van der Waals surface area contributed by atoms with Crippen molar-refractivity contribution >= 4 is 88.7 Å². The standard InChI is InChI=1S/C42H32N2O4S2/c1-41(2)23-11-7-9-13-25(23)43(5)27-17-15-21-19-29(49-37(21)33(27)41)31-35-36(48-39(31)45)32(40(46)47-35)30-20-22-16-18-28-34(38(22)50-30)42(3,4)24-12-8-10-14-26(24)44(28)6/h7-20H,1-6H3. The maximum atomic E-state index is 13.7. The van der Waals surface area contributed by atoms with Crippen molar-refractivity contribution in [1.82, 2.24) is 0 Å². The summed E-state index contributed by atoms with van der Waals surface area (Å²) in [6.07, 6.45) is 0. The van der Waals surface area contributed by atoms with Gasteiger partial charge in [-0.2, -0.15) is 0 Å². The lowest BCUT2D eigenvalue weighted by atomic mass is 9.73. The Morgan fingerprint density at radius 1 is 0.540 bits per heavy atom. The van der Waals surface area contributed by atoms with E-state index in [0.717, 1.165) is 41.3 Å². The molecule has 246 valence electrons. The van der Waals surface area contributed by atoms with E-state index in [2.05, 4.69) is 124 Å². The molecular weight excluding hydrogens is 661 g/mol. The van der Waals surface area contributed by atoms with Crippen molar-refractivity contribution in [2.24, 2.45) is 0 Å². The first-order valence-electron chi connectivity index (χ1n) is 16.7. The summed E-state index contributed by atoms with van der Waals surface area (Å²) in [5.74, 6) is -0.573. The van der Waals surface area contributed by atoms with Crippen LogP contribution in [0.15, 0.2) is 96.4 Å². The van der Waals surface area contributed by atoms with E-state index in [4.69, 9.17) is 9.47 Å². The third-order valence-corrected chi connectivity index (χ3v) is 13.5. The third kappa shape index (κ3) is 3.67. The van der Waals surface area contributed by atoms with Gasteiger partial charge in [0.2, 0.25) is 0 Å². The number of hydrogen-bond acceptors (Lipinski definition) is 8. The molecule has 0 bridgehead atoms. The maximum absolute atomic E-state index is 13.7. The first-order chi connectivity index (χ1) is 24.0. The Bertz CT molecular complexity index is 2450. The van der Waals surface area contributed by atoms with Gasteiger partial charge in [-0.25, -0.2) is 9.59 Å². The number of hydrogen-bond donors (Lipinski definition) is 0. The predicted molar refractivity (Wildman–Crippen MR) is 203 cm³/mol. The van der Waals surface area contributed by atoms with Crippen molar-refractivity contribution in [3.05, 3.63) is 128 Å². The molecule has 0 radical (unpaired) electrons. The van der Waals surface area contributed by atoms with Crippen LogP contribution >= 0.6 is 22.7 Å². The molecule has 0 atom stereocenters. The van der Waals surface area contributed by atoms with Gasteiger partial charge >= 0.3 is 11.9 Å². The molecule has 0 saturated heterocycles. The second-order valence-electron chi connectivity index (χ2n) is 14.6. The molecule has 0 N–H and O–H groups in total. The molecule has 10 rings (SSSR count). The van der Waals surface area contributed by atoms with Crippen LogP contribution in [0.2, 0.25) is 0 Å². The maximum Gasteiger partial charge on any atom is 0.349 e. The second kappa shape index (κ2) is 9.74. The van der Waals surface area contributed by atoms with E-state index < -0.39 is 11.9 Å². The molecule has 4 aromatic carbocycles. The number of esters is 2. The van der Waals surface area contributed by atoms with Gasteiger partial charge in [-0.05, 0) is 58.3 Å². The lowest BCUT2D eigenvalue weighted by Gasteiger charge is -2.40. The Kier molecular flexibility index (Phi) is 5.79. The third-order valence-electron chi connectivity index (χ3n) is 11.1. The first-order valence-corrected chi connectivity index (χ1v) is 18.3. The van der Waals surface area contributed by atoms with Crippen LogP contribution in [0.5, 0.6) is 0 Å². The summed E-state index contributed by atoms with van der Waals surface area (Å²) >= 11 is 3.10. The van der Waals surface area contributed by atoms with E-state index in [1.54, 1.807) is 22.7 Å². The summed E-state index contributed by atoms with van der Waals surface area (Å²) in [6.45, 7) is 9.03. The Morgan fingerprint density at radius 2 is 0.940 bits per heavy atom. The van der Waals surface area contributed by atoms with Crippen LogP contribution in [0.25, 0.3) is 31.3 Å². The number of benzene rings is 4. The molecule has 50 heavy (non-hydrogen) atoms. The van der Waals surface area contributed by atoms with Crippen molar-refractivity contribution in [3.63, 3.8) is 0 Å². The highest BCUT2D eigenvalue weighted by Gasteiger charge is 2.46. The van der Waals surface area contributed by atoms with E-state index in [9.17, 15) is 9.59 Å². The Morgan fingerprint density at radius 3 is 1.36 bits per heavy atom. The quantitative estimate of drug-likeness (QED) is 0.168. The van der Waals surface area contributed by atoms with Crippen LogP contribution in [-0.2, 0) is 29.9 Å². The molecule has 0 aliphatic carbocycles. The van der Waals surface area contributed by atoms with Crippen LogP contribution in [0.3, 0.4) is 0 Å². The molecule has 0 unspecified atom stereocenters. The highest BCUT2D eigenvalue weighted by Crippen LogP contribution is 2.56. The van der Waals surface area contributed by atoms with Crippen molar-refractivity contribution in [2.75, 3.05) is 23.9 Å². The van der Waals surface area contributed by atoms with Crippen molar-refractivity contribution in [2.45, 2.75) is 38.5 Å². The normalized spacial score (nSPS) is 18.3. The SMILES string of the molecule is CN1c2ccccc2C(C)(C)c2c1ccc1cc(C3=C4OC(=O)C(c5cc6ccc7c(c6s5)C(C)(C)c5ccccc5N7C)=C4OC3=O)sc21. The van der Waals surface area contributed by atoms with Gasteiger partial charge in [0.1, 0.15) is 11.1 Å². The van der Waals surface area contributed by atoms with E-state index in [0.29, 0.717) is 11.1 Å². The largest absolute Gasteiger partial charge is 0.418 e. The summed E-state index contributed by atoms with van der Waals surface area (Å²) < 4.78 is 14.1. The van der Waals surface area contributed by atoms with Crippen molar-refractivity contribution in [3.8, 4) is 0 Å². The van der Waals surface area contributed by atoms with Gasteiger partial charge in [0, 0.05) is 78.0 Å². The Balaban J connectivity index is 1.11. The number of para-hydroxylation sites is 2. The van der Waals surface area contributed by atoms with Gasteiger partial charge in [-0.3, -0.25) is 0 Å². The number of carbonyl (C=O) groups excluding carboxylic acids is 2. The minimum Gasteiger partial charge on any atom is -0.418 e. The second-order valence-corrected chi connectivity index (χ2v) is 16.7. The zero-order valence-corrected chi connectivity index (χ0v) is 30.1. The zero-order valence-electron chi connectivity index (χ0n) is 28.4. The summed E-state index contributed by atoms with van der Waals surface area (Å²) in [5.41, 5.74) is 9.67. The van der Waals surface area contributed by atoms with Gasteiger partial charge in [0.05, 0.1) is 0 Å². The molecule has 0 fully saturated rings. The minimum atomic E-state index is -0.500. The van der Waals surface area contributed by atoms with Gasteiger partial charge in [-0.15, -0.1) is 22.7 Å². The summed E-state index contributed by atoms with van der Waals surface area (Å²) in [5, 5.41) is 2.08. The predicted octanol–water partition coefficient (Wildman–Crippen LogP) is 10.2. The Labute approximate surface area is 297 Å². The fourth-order valence-electron chi connectivity index (χ4n) is 8.64. The first kappa shape index (κ1) is 29.7. The van der Waals surface area contributed by atoms with Crippen LogP contribution in [0, 0.1) is 0 Å². The van der Waals surface area contributed by atoms with Crippen LogP contribution in [0.1, 0.15) is 59.7 Å². The van der Waals surface area contributed by atoms with E-state index in [1.807, 2.05) is 12.1 Å². The fourth-order valence-corrected chi connectivity index (χ4v) is 11.4. The number of fused-ring (bicyclic) bond motifs is 9. The van der Waals surface area contributed by atoms with E-state index in [-0.39, 0.29) is 22.3 Å². The highest BCUT2D eigenvalue weighted by atomic mass is 32.1. The summed E-state index contributed by atoms with van der Waals surface area (Å²) in [4.78, 5) is 33.3. The summed E-state index contributed by atoms with van der Waals surface area (Å²) in [6, 6.07) is 29.6. The molecular formula is C42H32N2O4S2. The number of carbonyl (C=O) groups is 2. The van der Waals surface area contributed by atoms with Crippen LogP contribution in [-0.4, -0.2) is 26.0 Å². The fraction of sp³-hybridized carbons (Fsp3) is 0.190. The van der Waals surface area contributed by atoms with Gasteiger partial charge in [0.15, 0.2) is 11.5 Å². The molecule has 6 aromatic rings. The van der Waals surface area contributed by atoms with E-state index >= 15 is 0 Å². The van der Waals surface area contributed by atoms with Crippen molar-refractivity contribution in [1.29, 1.82) is 0 Å². The molecule has 4 aliphatic rings. The molecule has 6 nitrogen and oxygen atoms in total. The number of thiophene rings is 2. The number of ether oxygens (including phenoxy) is 2. The molecule has 0 saturated carbocycles. The molecule has 2 aromatic heterocycles. The van der Waals surface area contributed by atoms with Gasteiger partial charge < -0.3 is 19.3 Å². The van der Waals surface area contributed by atoms with Gasteiger partial charge in [-0.1, -0.05) is 76.2 Å². The average molecular weight is 693 g/mol. The lowest BCUT2D eigenvalue weighted by Crippen LogP contribution is -2.30. The minimum absolute atomic E-state index is 0.214. The zero-order chi connectivity index (χ0) is 34.4. The average Bonchev–Trinajstić information content (AvgIpc) is 3.86. The highest BCUT2D eigenvalue weighted by molar-refractivity contribution is 7.21. The molecule has 0 amide bonds. The van der Waals surface area contributed by atoms with E-state index in [1.165, 1.54) is 33.6 Å². The smallest absolute Gasteiger partial charge is 0.349 e. The topological polar surface area (TPSA) is 59.1 Å². The summed E-state index contributed by atoms with van der Waals surface area (Å²) in [7, 11) is 4.20. The molecule has 4 aliphatic heterocycles. The van der Waals surface area contributed by atoms with Crippen LogP contribution in [0.4, 0.5) is 22.7 Å². The lowest BCUT2D eigenvalue weighted by molar-refractivity contribution is -0.131. The number of nitrogens with zero attached hydrogens (tertiary/aromatic N) is 2.